The lowest BCUT2D eigenvalue weighted by atomic mass is 10.1. The standard InChI is InChI=1S/C15H10O5S/c16-9-10-7-8-15(20-10)21(18,19)14-6-2-3-11-12(14)4-1-5-13(11)17/h1-9,17H. The smallest absolute Gasteiger partial charge is 0.240 e. The molecule has 0 amide bonds. The largest absolute Gasteiger partial charge is 0.507 e. The zero-order valence-electron chi connectivity index (χ0n) is 10.7. The number of carbonyl (C=O) groups excluding carboxylic acids is 1. The molecule has 0 bridgehead atoms. The fourth-order valence-electron chi connectivity index (χ4n) is 2.15. The van der Waals surface area contributed by atoms with Gasteiger partial charge in [0.25, 0.3) is 0 Å². The van der Waals surface area contributed by atoms with Crippen LogP contribution in [0.1, 0.15) is 10.6 Å². The lowest BCUT2D eigenvalue weighted by Gasteiger charge is -2.07. The first kappa shape index (κ1) is 13.4. The minimum absolute atomic E-state index is 0.00224. The van der Waals surface area contributed by atoms with Gasteiger partial charge in [-0.05, 0) is 24.3 Å². The lowest BCUT2D eigenvalue weighted by Crippen LogP contribution is -2.01. The molecule has 0 fully saturated rings. The van der Waals surface area contributed by atoms with Crippen molar-refractivity contribution in [2.24, 2.45) is 0 Å². The van der Waals surface area contributed by atoms with Gasteiger partial charge in [-0.2, -0.15) is 0 Å². The summed E-state index contributed by atoms with van der Waals surface area (Å²) in [6.45, 7) is 0. The Labute approximate surface area is 120 Å². The lowest BCUT2D eigenvalue weighted by molar-refractivity contribution is 0.109. The summed E-state index contributed by atoms with van der Waals surface area (Å²) in [4.78, 5) is 10.6. The molecule has 6 heteroatoms. The van der Waals surface area contributed by atoms with Crippen molar-refractivity contribution in [2.45, 2.75) is 9.99 Å². The van der Waals surface area contributed by atoms with Gasteiger partial charge in [0.15, 0.2) is 12.0 Å². The van der Waals surface area contributed by atoms with Gasteiger partial charge in [-0.15, -0.1) is 0 Å². The number of aldehydes is 1. The molecule has 0 aliphatic carbocycles. The molecular formula is C15H10O5S. The summed E-state index contributed by atoms with van der Waals surface area (Å²) in [5.41, 5.74) is 0. The van der Waals surface area contributed by atoms with Crippen LogP contribution >= 0.6 is 0 Å². The van der Waals surface area contributed by atoms with Crippen molar-refractivity contribution >= 4 is 26.9 Å². The fraction of sp³-hybridized carbons (Fsp3) is 0. The van der Waals surface area contributed by atoms with E-state index in [1.54, 1.807) is 24.3 Å². The van der Waals surface area contributed by atoms with Crippen LogP contribution in [-0.2, 0) is 9.84 Å². The zero-order chi connectivity index (χ0) is 15.0. The first-order valence-electron chi connectivity index (χ1n) is 6.05. The van der Waals surface area contributed by atoms with Crippen molar-refractivity contribution in [1.29, 1.82) is 0 Å². The number of aromatic hydroxyl groups is 1. The van der Waals surface area contributed by atoms with Crippen LogP contribution in [0.4, 0.5) is 0 Å². The van der Waals surface area contributed by atoms with E-state index in [4.69, 9.17) is 4.42 Å². The van der Waals surface area contributed by atoms with Crippen LogP contribution in [0.15, 0.2) is 62.9 Å². The maximum absolute atomic E-state index is 12.6. The summed E-state index contributed by atoms with van der Waals surface area (Å²) in [7, 11) is -3.91. The number of hydrogen-bond donors (Lipinski definition) is 1. The number of fused-ring (bicyclic) bond motifs is 1. The van der Waals surface area contributed by atoms with Crippen molar-refractivity contribution in [1.82, 2.24) is 0 Å². The van der Waals surface area contributed by atoms with Crippen molar-refractivity contribution < 1.29 is 22.7 Å². The third-order valence-electron chi connectivity index (χ3n) is 3.13. The number of benzene rings is 2. The van der Waals surface area contributed by atoms with E-state index in [-0.39, 0.29) is 21.5 Å². The van der Waals surface area contributed by atoms with E-state index < -0.39 is 9.84 Å². The predicted molar refractivity (Wildman–Crippen MR) is 75.2 cm³/mol. The van der Waals surface area contributed by atoms with E-state index in [2.05, 4.69) is 0 Å². The number of rotatable bonds is 3. The van der Waals surface area contributed by atoms with Gasteiger partial charge in [0.05, 0.1) is 4.90 Å². The number of hydrogen-bond acceptors (Lipinski definition) is 5. The Balaban J connectivity index is 2.29. The number of phenols is 1. The Kier molecular flexibility index (Phi) is 3.03. The van der Waals surface area contributed by atoms with Gasteiger partial charge in [0.2, 0.25) is 14.9 Å². The van der Waals surface area contributed by atoms with E-state index in [9.17, 15) is 18.3 Å². The summed E-state index contributed by atoms with van der Waals surface area (Å²) in [6.07, 6.45) is 0.438. The molecular weight excluding hydrogens is 292 g/mol. The maximum Gasteiger partial charge on any atom is 0.240 e. The minimum atomic E-state index is -3.91. The average molecular weight is 302 g/mol. The molecule has 0 saturated carbocycles. The van der Waals surface area contributed by atoms with E-state index in [0.29, 0.717) is 17.1 Å². The van der Waals surface area contributed by atoms with Gasteiger partial charge in [-0.1, -0.05) is 24.3 Å². The van der Waals surface area contributed by atoms with Crippen molar-refractivity contribution in [2.75, 3.05) is 0 Å². The summed E-state index contributed by atoms with van der Waals surface area (Å²) in [6, 6.07) is 11.8. The number of sulfone groups is 1. The van der Waals surface area contributed by atoms with E-state index in [0.717, 1.165) is 0 Å². The Hall–Kier alpha value is -2.60. The van der Waals surface area contributed by atoms with Crippen molar-refractivity contribution in [3.63, 3.8) is 0 Å². The molecule has 5 nitrogen and oxygen atoms in total. The van der Waals surface area contributed by atoms with Gasteiger partial charge in [0, 0.05) is 10.8 Å². The molecule has 0 unspecified atom stereocenters. The monoisotopic (exact) mass is 302 g/mol. The molecule has 21 heavy (non-hydrogen) atoms. The second kappa shape index (κ2) is 4.75. The van der Waals surface area contributed by atoms with E-state index in [1.165, 1.54) is 24.3 Å². The topological polar surface area (TPSA) is 84.6 Å². The highest BCUT2D eigenvalue weighted by molar-refractivity contribution is 7.91. The van der Waals surface area contributed by atoms with E-state index >= 15 is 0 Å². The molecule has 0 atom stereocenters. The highest BCUT2D eigenvalue weighted by Gasteiger charge is 2.24. The normalized spacial score (nSPS) is 11.6. The second-order valence-corrected chi connectivity index (χ2v) is 6.26. The van der Waals surface area contributed by atoms with Crippen LogP contribution in [-0.4, -0.2) is 19.8 Å². The van der Waals surface area contributed by atoms with Crippen LogP contribution in [0, 0.1) is 0 Å². The third-order valence-corrected chi connectivity index (χ3v) is 4.82. The van der Waals surface area contributed by atoms with Crippen molar-refractivity contribution in [3.8, 4) is 5.75 Å². The Morgan fingerprint density at radius 2 is 1.67 bits per heavy atom. The first-order valence-corrected chi connectivity index (χ1v) is 7.53. The number of furan rings is 1. The molecule has 2 aromatic carbocycles. The minimum Gasteiger partial charge on any atom is -0.507 e. The van der Waals surface area contributed by atoms with Gasteiger partial charge < -0.3 is 9.52 Å². The Bertz CT molecular complexity index is 938. The van der Waals surface area contributed by atoms with Crippen LogP contribution in [0.2, 0.25) is 0 Å². The zero-order valence-corrected chi connectivity index (χ0v) is 11.5. The van der Waals surface area contributed by atoms with Gasteiger partial charge in [-0.3, -0.25) is 4.79 Å². The quantitative estimate of drug-likeness (QED) is 0.752. The average Bonchev–Trinajstić information content (AvgIpc) is 2.97. The van der Waals surface area contributed by atoms with Gasteiger partial charge in [0.1, 0.15) is 5.75 Å². The molecule has 0 radical (unpaired) electrons. The Morgan fingerprint density at radius 3 is 2.38 bits per heavy atom. The summed E-state index contributed by atoms with van der Waals surface area (Å²) >= 11 is 0. The summed E-state index contributed by atoms with van der Waals surface area (Å²) in [5.74, 6) is -0.0609. The van der Waals surface area contributed by atoms with Gasteiger partial charge >= 0.3 is 0 Å². The molecule has 3 aromatic rings. The molecule has 1 aromatic heterocycles. The molecule has 3 rings (SSSR count). The maximum atomic E-state index is 12.6. The molecule has 0 saturated heterocycles. The van der Waals surface area contributed by atoms with Crippen molar-refractivity contribution in [3.05, 3.63) is 54.3 Å². The molecule has 0 aliphatic rings. The first-order chi connectivity index (χ1) is 10.0. The Morgan fingerprint density at radius 1 is 0.952 bits per heavy atom. The van der Waals surface area contributed by atoms with Crippen LogP contribution < -0.4 is 0 Å². The highest BCUT2D eigenvalue weighted by atomic mass is 32.2. The molecule has 1 N–H and O–H groups in total. The fourth-order valence-corrected chi connectivity index (χ4v) is 3.54. The number of carbonyl (C=O) groups is 1. The molecule has 1 heterocycles. The molecule has 0 aliphatic heterocycles. The van der Waals surface area contributed by atoms with Crippen LogP contribution in [0.25, 0.3) is 10.8 Å². The third kappa shape index (κ3) is 2.09. The highest BCUT2D eigenvalue weighted by Crippen LogP contribution is 2.32. The summed E-state index contributed by atoms with van der Waals surface area (Å²) < 4.78 is 30.2. The SMILES string of the molecule is O=Cc1ccc(S(=O)(=O)c2cccc3c(O)cccc23)o1. The van der Waals surface area contributed by atoms with Crippen LogP contribution in [0.5, 0.6) is 5.75 Å². The predicted octanol–water partition coefficient (Wildman–Crippen LogP) is 2.78. The van der Waals surface area contributed by atoms with Crippen LogP contribution in [0.3, 0.4) is 0 Å². The molecule has 0 spiro atoms. The van der Waals surface area contributed by atoms with Gasteiger partial charge in [-0.25, -0.2) is 8.42 Å². The summed E-state index contributed by atoms with van der Waals surface area (Å²) in [5, 5.41) is 10.3. The number of phenolic OH excluding ortho intramolecular Hbond substituents is 1. The second-order valence-electron chi connectivity index (χ2n) is 4.41. The molecule has 106 valence electrons. The van der Waals surface area contributed by atoms with E-state index in [1.807, 2.05) is 0 Å².